The zero-order chi connectivity index (χ0) is 15.0. The first-order valence-electron chi connectivity index (χ1n) is 8.60. The van der Waals surface area contributed by atoms with Crippen LogP contribution < -0.4 is 5.32 Å². The minimum Gasteiger partial charge on any atom is -0.342 e. The SMILES string of the molecule is CCCC(CCC)C(=O)N1CCCC(CNC(C)C)C1. The summed E-state index contributed by atoms with van der Waals surface area (Å²) in [6, 6.07) is 0.536. The zero-order valence-electron chi connectivity index (χ0n) is 14.0. The third kappa shape index (κ3) is 5.82. The molecule has 1 amide bonds. The highest BCUT2D eigenvalue weighted by Gasteiger charge is 2.27. The van der Waals surface area contributed by atoms with Gasteiger partial charge in [-0.05, 0) is 38.1 Å². The fourth-order valence-electron chi connectivity index (χ4n) is 3.18. The van der Waals surface area contributed by atoms with Crippen molar-refractivity contribution in [2.45, 2.75) is 72.3 Å². The Labute approximate surface area is 125 Å². The summed E-state index contributed by atoms with van der Waals surface area (Å²) < 4.78 is 0. The molecule has 1 heterocycles. The van der Waals surface area contributed by atoms with Gasteiger partial charge < -0.3 is 10.2 Å². The van der Waals surface area contributed by atoms with Crippen LogP contribution in [0.4, 0.5) is 0 Å². The molecule has 3 nitrogen and oxygen atoms in total. The van der Waals surface area contributed by atoms with Crippen LogP contribution in [0.2, 0.25) is 0 Å². The van der Waals surface area contributed by atoms with Crippen LogP contribution in [0.5, 0.6) is 0 Å². The lowest BCUT2D eigenvalue weighted by molar-refractivity contribution is -0.137. The van der Waals surface area contributed by atoms with Crippen LogP contribution in [0.3, 0.4) is 0 Å². The van der Waals surface area contributed by atoms with Gasteiger partial charge in [-0.3, -0.25) is 4.79 Å². The molecule has 1 unspecified atom stereocenters. The second-order valence-electron chi connectivity index (χ2n) is 6.63. The smallest absolute Gasteiger partial charge is 0.225 e. The number of piperidine rings is 1. The van der Waals surface area contributed by atoms with Crippen molar-refractivity contribution in [2.24, 2.45) is 11.8 Å². The molecule has 0 aromatic carbocycles. The molecular formula is C17H34N2O. The van der Waals surface area contributed by atoms with E-state index in [9.17, 15) is 4.79 Å². The maximum absolute atomic E-state index is 12.7. The largest absolute Gasteiger partial charge is 0.342 e. The Balaban J connectivity index is 2.49. The fourth-order valence-corrected chi connectivity index (χ4v) is 3.18. The predicted octanol–water partition coefficient (Wildman–Crippen LogP) is 3.44. The van der Waals surface area contributed by atoms with Gasteiger partial charge >= 0.3 is 0 Å². The van der Waals surface area contributed by atoms with Gasteiger partial charge in [0.1, 0.15) is 0 Å². The minimum absolute atomic E-state index is 0.266. The molecule has 0 saturated carbocycles. The van der Waals surface area contributed by atoms with Crippen LogP contribution in [-0.2, 0) is 4.79 Å². The second kappa shape index (κ2) is 9.38. The van der Waals surface area contributed by atoms with E-state index >= 15 is 0 Å². The Bertz CT molecular complexity index is 272. The number of carbonyl (C=O) groups excluding carboxylic acids is 1. The maximum Gasteiger partial charge on any atom is 0.225 e. The van der Waals surface area contributed by atoms with Crippen molar-refractivity contribution < 1.29 is 4.79 Å². The van der Waals surface area contributed by atoms with Crippen molar-refractivity contribution in [1.29, 1.82) is 0 Å². The van der Waals surface area contributed by atoms with Gasteiger partial charge in [-0.1, -0.05) is 40.5 Å². The topological polar surface area (TPSA) is 32.3 Å². The van der Waals surface area contributed by atoms with Crippen molar-refractivity contribution in [2.75, 3.05) is 19.6 Å². The molecule has 20 heavy (non-hydrogen) atoms. The maximum atomic E-state index is 12.7. The van der Waals surface area contributed by atoms with E-state index in [1.165, 1.54) is 12.8 Å². The van der Waals surface area contributed by atoms with Crippen molar-refractivity contribution in [3.8, 4) is 0 Å². The summed E-state index contributed by atoms with van der Waals surface area (Å²) in [6.45, 7) is 11.7. The van der Waals surface area contributed by atoms with Gasteiger partial charge in [0.15, 0.2) is 0 Å². The van der Waals surface area contributed by atoms with Gasteiger partial charge in [0.25, 0.3) is 0 Å². The highest BCUT2D eigenvalue weighted by Crippen LogP contribution is 2.22. The lowest BCUT2D eigenvalue weighted by atomic mass is 9.93. The van der Waals surface area contributed by atoms with Crippen molar-refractivity contribution >= 4 is 5.91 Å². The summed E-state index contributed by atoms with van der Waals surface area (Å²) in [5, 5.41) is 3.52. The van der Waals surface area contributed by atoms with Gasteiger partial charge in [-0.15, -0.1) is 0 Å². The van der Waals surface area contributed by atoms with Crippen molar-refractivity contribution in [3.05, 3.63) is 0 Å². The summed E-state index contributed by atoms with van der Waals surface area (Å²) in [5.74, 6) is 1.32. The molecule has 0 spiro atoms. The van der Waals surface area contributed by atoms with E-state index in [1.807, 2.05) is 0 Å². The highest BCUT2D eigenvalue weighted by atomic mass is 16.2. The molecule has 3 heteroatoms. The Morgan fingerprint density at radius 1 is 1.25 bits per heavy atom. The van der Waals surface area contributed by atoms with Crippen molar-refractivity contribution in [3.63, 3.8) is 0 Å². The number of rotatable bonds is 8. The molecule has 0 bridgehead atoms. The molecule has 0 aromatic rings. The normalized spacial score (nSPS) is 19.9. The molecule has 0 radical (unpaired) electrons. The third-order valence-corrected chi connectivity index (χ3v) is 4.27. The van der Waals surface area contributed by atoms with E-state index < -0.39 is 0 Å². The van der Waals surface area contributed by atoms with E-state index in [1.54, 1.807) is 0 Å². The van der Waals surface area contributed by atoms with Gasteiger partial charge in [-0.2, -0.15) is 0 Å². The number of likely N-dealkylation sites (tertiary alicyclic amines) is 1. The predicted molar refractivity (Wildman–Crippen MR) is 85.7 cm³/mol. The van der Waals surface area contributed by atoms with E-state index in [2.05, 4.69) is 37.9 Å². The monoisotopic (exact) mass is 282 g/mol. The molecule has 0 aromatic heterocycles. The van der Waals surface area contributed by atoms with Gasteiger partial charge in [-0.25, -0.2) is 0 Å². The molecule has 1 aliphatic rings. The Morgan fingerprint density at radius 3 is 2.45 bits per heavy atom. The molecule has 118 valence electrons. The second-order valence-corrected chi connectivity index (χ2v) is 6.63. The van der Waals surface area contributed by atoms with E-state index in [4.69, 9.17) is 0 Å². The fraction of sp³-hybridized carbons (Fsp3) is 0.941. The average molecular weight is 282 g/mol. The zero-order valence-corrected chi connectivity index (χ0v) is 14.0. The highest BCUT2D eigenvalue weighted by molar-refractivity contribution is 5.78. The first-order valence-corrected chi connectivity index (χ1v) is 8.60. The molecule has 1 N–H and O–H groups in total. The Hall–Kier alpha value is -0.570. The molecule has 1 atom stereocenters. The standard InChI is InChI=1S/C17H34N2O/c1-5-8-16(9-6-2)17(20)19-11-7-10-15(13-19)12-18-14(3)4/h14-16,18H,5-13H2,1-4H3. The Morgan fingerprint density at radius 2 is 1.90 bits per heavy atom. The lowest BCUT2D eigenvalue weighted by Crippen LogP contribution is -2.45. The quantitative estimate of drug-likeness (QED) is 0.739. The molecule has 0 aliphatic carbocycles. The number of amides is 1. The van der Waals surface area contributed by atoms with Crippen LogP contribution in [-0.4, -0.2) is 36.5 Å². The summed E-state index contributed by atoms with van der Waals surface area (Å²) in [7, 11) is 0. The minimum atomic E-state index is 0.266. The number of nitrogens with one attached hydrogen (secondary N) is 1. The summed E-state index contributed by atoms with van der Waals surface area (Å²) >= 11 is 0. The van der Waals surface area contributed by atoms with Crippen LogP contribution in [0.1, 0.15) is 66.2 Å². The number of nitrogens with zero attached hydrogens (tertiary/aromatic N) is 1. The van der Waals surface area contributed by atoms with Gasteiger partial charge in [0.2, 0.25) is 5.91 Å². The molecule has 1 rings (SSSR count). The lowest BCUT2D eigenvalue weighted by Gasteiger charge is -2.35. The first-order chi connectivity index (χ1) is 9.58. The number of hydrogen-bond acceptors (Lipinski definition) is 2. The summed E-state index contributed by atoms with van der Waals surface area (Å²) in [6.07, 6.45) is 6.76. The summed E-state index contributed by atoms with van der Waals surface area (Å²) in [4.78, 5) is 14.8. The van der Waals surface area contributed by atoms with Crippen molar-refractivity contribution in [1.82, 2.24) is 10.2 Å². The summed E-state index contributed by atoms with van der Waals surface area (Å²) in [5.41, 5.74) is 0. The number of carbonyl (C=O) groups is 1. The number of hydrogen-bond donors (Lipinski definition) is 1. The van der Waals surface area contributed by atoms with Crippen LogP contribution in [0.15, 0.2) is 0 Å². The van der Waals surface area contributed by atoms with Crippen LogP contribution in [0, 0.1) is 11.8 Å². The molecule has 1 saturated heterocycles. The molecule has 1 fully saturated rings. The molecular weight excluding hydrogens is 248 g/mol. The van der Waals surface area contributed by atoms with E-state index in [-0.39, 0.29) is 5.92 Å². The van der Waals surface area contributed by atoms with Crippen LogP contribution in [0.25, 0.3) is 0 Å². The third-order valence-electron chi connectivity index (χ3n) is 4.27. The van der Waals surface area contributed by atoms with Gasteiger partial charge in [0.05, 0.1) is 0 Å². The van der Waals surface area contributed by atoms with Gasteiger partial charge in [0, 0.05) is 25.0 Å². The van der Waals surface area contributed by atoms with Crippen LogP contribution >= 0.6 is 0 Å². The average Bonchev–Trinajstić information content (AvgIpc) is 2.44. The first kappa shape index (κ1) is 17.5. The Kier molecular flexibility index (Phi) is 8.20. The molecule has 1 aliphatic heterocycles. The van der Waals surface area contributed by atoms with E-state index in [0.29, 0.717) is 17.9 Å². The van der Waals surface area contributed by atoms with E-state index in [0.717, 1.165) is 45.3 Å².